The minimum absolute atomic E-state index is 0.191. The third-order valence-electron chi connectivity index (χ3n) is 2.94. The molecule has 1 aromatic carbocycles. The highest BCUT2D eigenvalue weighted by Gasteiger charge is 2.19. The van der Waals surface area contributed by atoms with Crippen LogP contribution in [0.25, 0.3) is 10.9 Å². The Bertz CT molecular complexity index is 712. The van der Waals surface area contributed by atoms with Crippen molar-refractivity contribution in [2.24, 2.45) is 5.73 Å². The predicted molar refractivity (Wildman–Crippen MR) is 80.3 cm³/mol. The summed E-state index contributed by atoms with van der Waals surface area (Å²) in [5.74, 6) is -1.42. The number of nitrogens with two attached hydrogens (primary N) is 1. The monoisotopic (exact) mass is 285 g/mol. The molecule has 0 unspecified atom stereocenters. The molecule has 6 heteroatoms. The van der Waals surface area contributed by atoms with Crippen LogP contribution < -0.4 is 10.6 Å². The number of para-hydroxylation sites is 1. The van der Waals surface area contributed by atoms with Gasteiger partial charge in [0.05, 0.1) is 11.1 Å². The van der Waals surface area contributed by atoms with Crippen LogP contribution in [0.1, 0.15) is 10.4 Å². The predicted octanol–water partition coefficient (Wildman–Crippen LogP) is 1.41. The first kappa shape index (κ1) is 14.5. The fourth-order valence-electron chi connectivity index (χ4n) is 2.07. The smallest absolute Gasteiger partial charge is 0.323 e. The van der Waals surface area contributed by atoms with Gasteiger partial charge in [-0.1, -0.05) is 24.3 Å². The van der Waals surface area contributed by atoms with Gasteiger partial charge in [-0.15, -0.1) is 6.58 Å². The van der Waals surface area contributed by atoms with E-state index in [0.29, 0.717) is 5.52 Å². The molecule has 0 fully saturated rings. The van der Waals surface area contributed by atoms with Gasteiger partial charge in [-0.2, -0.15) is 0 Å². The molecule has 3 N–H and O–H groups in total. The molecule has 2 aromatic rings. The molecular formula is C15H15N3O3. The van der Waals surface area contributed by atoms with E-state index in [0.717, 1.165) is 5.39 Å². The second kappa shape index (κ2) is 6.04. The number of aliphatic carboxylic acids is 1. The third kappa shape index (κ3) is 3.17. The highest BCUT2D eigenvalue weighted by atomic mass is 16.4. The zero-order valence-corrected chi connectivity index (χ0v) is 11.3. The molecule has 0 aliphatic carbocycles. The number of carboxylic acid groups (broad SMARTS) is 1. The Morgan fingerprint density at radius 3 is 2.71 bits per heavy atom. The number of carbonyl (C=O) groups excluding carboxylic acids is 1. The molecule has 0 atom stereocenters. The van der Waals surface area contributed by atoms with Gasteiger partial charge in [0.25, 0.3) is 5.91 Å². The van der Waals surface area contributed by atoms with Gasteiger partial charge in [-0.25, -0.2) is 4.98 Å². The molecule has 21 heavy (non-hydrogen) atoms. The molecule has 1 aromatic heterocycles. The Morgan fingerprint density at radius 1 is 1.38 bits per heavy atom. The molecule has 0 bridgehead atoms. The van der Waals surface area contributed by atoms with E-state index < -0.39 is 11.9 Å². The fraction of sp³-hybridized carbons (Fsp3) is 0.133. The van der Waals surface area contributed by atoms with Gasteiger partial charge in [0.2, 0.25) is 0 Å². The number of aromatic nitrogens is 1. The van der Waals surface area contributed by atoms with Gasteiger partial charge in [0.1, 0.15) is 12.4 Å². The maximum absolute atomic E-state index is 11.6. The average molecular weight is 285 g/mol. The molecule has 0 aliphatic heterocycles. The molecule has 108 valence electrons. The molecule has 0 saturated heterocycles. The van der Waals surface area contributed by atoms with Crippen molar-refractivity contribution in [1.29, 1.82) is 0 Å². The van der Waals surface area contributed by atoms with Crippen molar-refractivity contribution in [3.05, 3.63) is 48.6 Å². The topological polar surface area (TPSA) is 96.5 Å². The molecule has 0 radical (unpaired) electrons. The lowest BCUT2D eigenvalue weighted by Crippen LogP contribution is -2.32. The van der Waals surface area contributed by atoms with Crippen LogP contribution in [-0.2, 0) is 4.79 Å². The maximum Gasteiger partial charge on any atom is 0.323 e. The summed E-state index contributed by atoms with van der Waals surface area (Å²) in [5, 5.41) is 9.76. The number of rotatable bonds is 6. The van der Waals surface area contributed by atoms with E-state index in [1.165, 1.54) is 4.90 Å². The molecule has 0 saturated carbocycles. The lowest BCUT2D eigenvalue weighted by Gasteiger charge is -2.22. The van der Waals surface area contributed by atoms with Crippen LogP contribution in [0, 0.1) is 0 Å². The summed E-state index contributed by atoms with van der Waals surface area (Å²) in [4.78, 5) is 28.5. The number of hydrogen-bond donors (Lipinski definition) is 2. The summed E-state index contributed by atoms with van der Waals surface area (Å²) in [7, 11) is 0. The number of nitrogens with zero attached hydrogens (tertiary/aromatic N) is 2. The maximum atomic E-state index is 11.6. The van der Waals surface area contributed by atoms with Crippen molar-refractivity contribution < 1.29 is 14.7 Å². The van der Waals surface area contributed by atoms with Gasteiger partial charge in [0, 0.05) is 11.9 Å². The minimum Gasteiger partial charge on any atom is -0.480 e. The average Bonchev–Trinajstić information content (AvgIpc) is 2.45. The van der Waals surface area contributed by atoms with Crippen LogP contribution in [0.4, 0.5) is 5.82 Å². The van der Waals surface area contributed by atoms with Gasteiger partial charge >= 0.3 is 5.97 Å². The van der Waals surface area contributed by atoms with E-state index in [2.05, 4.69) is 11.6 Å². The fourth-order valence-corrected chi connectivity index (χ4v) is 2.07. The number of fused-ring (bicyclic) bond motifs is 1. The molecular weight excluding hydrogens is 270 g/mol. The Hall–Kier alpha value is -2.89. The number of benzene rings is 1. The van der Waals surface area contributed by atoms with Crippen LogP contribution in [0.15, 0.2) is 43.0 Å². The van der Waals surface area contributed by atoms with Crippen molar-refractivity contribution in [2.45, 2.75) is 0 Å². The molecule has 0 spiro atoms. The van der Waals surface area contributed by atoms with Crippen molar-refractivity contribution in [2.75, 3.05) is 18.0 Å². The highest BCUT2D eigenvalue weighted by molar-refractivity contribution is 6.01. The Labute approximate surface area is 121 Å². The van der Waals surface area contributed by atoms with Gasteiger partial charge < -0.3 is 15.7 Å². The van der Waals surface area contributed by atoms with E-state index in [1.54, 1.807) is 18.2 Å². The van der Waals surface area contributed by atoms with Crippen LogP contribution >= 0.6 is 0 Å². The van der Waals surface area contributed by atoms with E-state index in [9.17, 15) is 9.59 Å². The summed E-state index contributed by atoms with van der Waals surface area (Å²) >= 11 is 0. The lowest BCUT2D eigenvalue weighted by molar-refractivity contribution is -0.135. The van der Waals surface area contributed by atoms with Gasteiger partial charge in [-0.3, -0.25) is 9.59 Å². The second-order valence-corrected chi connectivity index (χ2v) is 4.48. The van der Waals surface area contributed by atoms with Crippen molar-refractivity contribution in [3.63, 3.8) is 0 Å². The number of anilines is 1. The van der Waals surface area contributed by atoms with Crippen LogP contribution in [0.5, 0.6) is 0 Å². The number of carboxylic acids is 1. The van der Waals surface area contributed by atoms with Crippen molar-refractivity contribution >= 4 is 28.6 Å². The molecule has 2 rings (SSSR count). The van der Waals surface area contributed by atoms with Crippen LogP contribution in [0.3, 0.4) is 0 Å². The number of amides is 1. The van der Waals surface area contributed by atoms with E-state index in [4.69, 9.17) is 10.8 Å². The van der Waals surface area contributed by atoms with E-state index in [-0.39, 0.29) is 24.5 Å². The SMILES string of the molecule is C=CCN(CC(=O)O)c1nc2ccccc2cc1C(N)=O. The Kier molecular flexibility index (Phi) is 4.18. The Morgan fingerprint density at radius 2 is 2.10 bits per heavy atom. The van der Waals surface area contributed by atoms with Crippen molar-refractivity contribution in [3.8, 4) is 0 Å². The summed E-state index contributed by atoms with van der Waals surface area (Å²) in [6.07, 6.45) is 1.55. The number of primary amides is 1. The first-order valence-corrected chi connectivity index (χ1v) is 6.30. The summed E-state index contributed by atoms with van der Waals surface area (Å²) in [5.41, 5.74) is 6.25. The molecule has 6 nitrogen and oxygen atoms in total. The standard InChI is InChI=1S/C15H15N3O3/c1-2-7-18(9-13(19)20)15-11(14(16)21)8-10-5-3-4-6-12(10)17-15/h2-6,8H,1,7,9H2,(H2,16,21)(H,19,20). The lowest BCUT2D eigenvalue weighted by atomic mass is 10.1. The highest BCUT2D eigenvalue weighted by Crippen LogP contribution is 2.23. The molecule has 1 amide bonds. The zero-order valence-electron chi connectivity index (χ0n) is 11.3. The second-order valence-electron chi connectivity index (χ2n) is 4.48. The van der Waals surface area contributed by atoms with Crippen LogP contribution in [-0.4, -0.2) is 35.1 Å². The first-order chi connectivity index (χ1) is 10.0. The number of carbonyl (C=O) groups is 2. The normalized spacial score (nSPS) is 10.3. The van der Waals surface area contributed by atoms with Crippen LogP contribution in [0.2, 0.25) is 0 Å². The Balaban J connectivity index is 2.62. The van der Waals surface area contributed by atoms with E-state index >= 15 is 0 Å². The number of pyridine rings is 1. The minimum atomic E-state index is -1.03. The van der Waals surface area contributed by atoms with Gasteiger partial charge in [0.15, 0.2) is 0 Å². The molecule has 1 heterocycles. The summed E-state index contributed by atoms with van der Waals surface area (Å²) in [6.45, 7) is 3.55. The first-order valence-electron chi connectivity index (χ1n) is 6.30. The number of hydrogen-bond acceptors (Lipinski definition) is 4. The quantitative estimate of drug-likeness (QED) is 0.782. The zero-order chi connectivity index (χ0) is 15.4. The summed E-state index contributed by atoms with van der Waals surface area (Å²) < 4.78 is 0. The van der Waals surface area contributed by atoms with Crippen molar-refractivity contribution in [1.82, 2.24) is 4.98 Å². The van der Waals surface area contributed by atoms with E-state index in [1.807, 2.05) is 18.2 Å². The largest absolute Gasteiger partial charge is 0.480 e. The summed E-state index contributed by atoms with van der Waals surface area (Å²) in [6, 6.07) is 8.87. The third-order valence-corrected chi connectivity index (χ3v) is 2.94. The van der Waals surface area contributed by atoms with Gasteiger partial charge in [-0.05, 0) is 12.1 Å². The molecule has 0 aliphatic rings.